The number of hydrogen-bond donors (Lipinski definition) is 6. The molecule has 1 aromatic heterocycles. The van der Waals surface area contributed by atoms with Gasteiger partial charge in [0.1, 0.15) is 18.2 Å². The van der Waals surface area contributed by atoms with Crippen LogP contribution < -0.4 is 16.4 Å². The van der Waals surface area contributed by atoms with Crippen LogP contribution in [0.5, 0.6) is 0 Å². The molecule has 1 aromatic rings. The molecule has 1 saturated heterocycles. The van der Waals surface area contributed by atoms with Gasteiger partial charge in [-0.05, 0) is 44.6 Å². The number of amides is 4. The highest BCUT2D eigenvalue weighted by atomic mass is 31.2. The monoisotopic (exact) mass is 802 g/mol. The van der Waals surface area contributed by atoms with Crippen molar-refractivity contribution in [3.05, 3.63) is 30.6 Å². The number of aromatic nitrogens is 2. The quantitative estimate of drug-likeness (QED) is 0.223. The number of carbonyl (C=O) groups is 6. The maximum atomic E-state index is 13.9. The number of likely N-dealkylation sites (tertiary alicyclic amines) is 1. The van der Waals surface area contributed by atoms with E-state index in [4.69, 9.17) is 19.5 Å². The highest BCUT2D eigenvalue weighted by Crippen LogP contribution is 2.46. The molecule has 3 rings (SSSR count). The third kappa shape index (κ3) is 15.6. The van der Waals surface area contributed by atoms with E-state index < -0.39 is 92.3 Å². The summed E-state index contributed by atoms with van der Waals surface area (Å²) in [5.74, 6) is -6.59. The lowest BCUT2D eigenvalue weighted by Crippen LogP contribution is -2.52. The predicted molar refractivity (Wildman–Crippen MR) is 195 cm³/mol. The molecular weight excluding hydrogens is 746 g/mol. The number of phosphoric acid groups is 1. The van der Waals surface area contributed by atoms with E-state index in [0.717, 1.165) is 0 Å². The minimum Gasteiger partial charge on any atom is -0.496 e. The van der Waals surface area contributed by atoms with Gasteiger partial charge in [-0.2, -0.15) is 0 Å². The number of aliphatic hydroxyl groups is 1. The first-order chi connectivity index (χ1) is 26.0. The second kappa shape index (κ2) is 23.1. The molecule has 0 aliphatic carbocycles. The van der Waals surface area contributed by atoms with E-state index in [-0.39, 0.29) is 50.7 Å². The number of rotatable bonds is 6. The largest absolute Gasteiger partial charge is 0.496 e. The van der Waals surface area contributed by atoms with Gasteiger partial charge in [0.05, 0.1) is 63.5 Å². The number of fused-ring (bicyclic) bond motifs is 2. The van der Waals surface area contributed by atoms with Gasteiger partial charge in [-0.1, -0.05) is 13.8 Å². The van der Waals surface area contributed by atoms with Gasteiger partial charge in [-0.3, -0.25) is 42.2 Å². The normalized spacial score (nSPS) is 30.3. The number of allylic oxidation sites excluding steroid dienone is 1. The average molecular weight is 803 g/mol. The molecule has 4 amide bonds. The van der Waals surface area contributed by atoms with Crippen molar-refractivity contribution in [3.8, 4) is 0 Å². The number of nitrogens with two attached hydrogens (primary N) is 1. The first-order valence-electron chi connectivity index (χ1n) is 18.2. The van der Waals surface area contributed by atoms with E-state index in [1.807, 2.05) is 13.8 Å². The van der Waals surface area contributed by atoms with Crippen molar-refractivity contribution in [1.82, 2.24) is 25.5 Å². The van der Waals surface area contributed by atoms with Crippen LogP contribution in [-0.4, -0.2) is 117 Å². The second-order valence-corrected chi connectivity index (χ2v) is 15.3. The zero-order valence-corrected chi connectivity index (χ0v) is 32.9. The number of ketones is 2. The van der Waals surface area contributed by atoms with Crippen LogP contribution in [0.3, 0.4) is 0 Å². The van der Waals surface area contributed by atoms with Crippen molar-refractivity contribution in [1.29, 1.82) is 0 Å². The molecule has 0 aromatic carbocycles. The standard InChI is InChI=1S/C34H53N6O12P.CH3F/c1-20(2)11-27-30(43)13-23(12-24-16-36-19-37-24)33(46)39-28(18-41)31(44)15-26(32(35)45)21(3)52-53(48,49)51-10-8-6-5-7-9-50-25-14-29(34(47)38-27)40(17-25)22(4)42;1-2/h7,9,16,19-21,23,25-29,41H,5-6,8,10-15,17-18H2,1-4H3,(H2,35,45)(H,36,37)(H,38,47)(H,39,46)(H,48,49);1H3/b9-7+;/t21-,23-,25-,26+,27+,28+,29+;/m1./s1. The molecule has 1 fully saturated rings. The van der Waals surface area contributed by atoms with Crippen LogP contribution in [0.25, 0.3) is 0 Å². The molecule has 0 saturated carbocycles. The number of imidazole rings is 1. The zero-order valence-electron chi connectivity index (χ0n) is 32.0. The lowest BCUT2D eigenvalue weighted by atomic mass is 9.89. The summed E-state index contributed by atoms with van der Waals surface area (Å²) in [7, 11) is -4.19. The van der Waals surface area contributed by atoms with Gasteiger partial charge < -0.3 is 41.0 Å². The summed E-state index contributed by atoms with van der Waals surface area (Å²) in [6, 6.07) is -3.47. The van der Waals surface area contributed by atoms with Crippen molar-refractivity contribution >= 4 is 43.0 Å². The molecule has 2 aliphatic heterocycles. The van der Waals surface area contributed by atoms with E-state index in [1.54, 1.807) is 6.08 Å². The first kappa shape index (κ1) is 47.1. The predicted octanol–water partition coefficient (Wildman–Crippen LogP) is 1.41. The summed E-state index contributed by atoms with van der Waals surface area (Å²) in [6.45, 7) is 5.44. The van der Waals surface area contributed by atoms with Crippen LogP contribution in [0.2, 0.25) is 0 Å². The fraction of sp³-hybridized carbons (Fsp3) is 0.686. The Morgan fingerprint density at radius 1 is 1.09 bits per heavy atom. The topological polar surface area (TPSA) is 270 Å². The maximum absolute atomic E-state index is 13.9. The van der Waals surface area contributed by atoms with Gasteiger partial charge in [0.15, 0.2) is 11.6 Å². The third-order valence-corrected chi connectivity index (χ3v) is 10.3. The molecule has 0 radical (unpaired) electrons. The molecule has 18 nitrogen and oxygen atoms in total. The Labute approximate surface area is 320 Å². The van der Waals surface area contributed by atoms with Gasteiger partial charge in [-0.25, -0.2) is 9.55 Å². The molecular formula is C35H56FN6O12P. The molecule has 20 heteroatoms. The number of aromatic amines is 1. The Bertz CT molecular complexity index is 1510. The number of phosphoric ester groups is 1. The Morgan fingerprint density at radius 3 is 2.36 bits per heavy atom. The highest BCUT2D eigenvalue weighted by Gasteiger charge is 2.41. The van der Waals surface area contributed by atoms with Crippen molar-refractivity contribution in [3.63, 3.8) is 0 Å². The molecule has 55 heavy (non-hydrogen) atoms. The smallest absolute Gasteiger partial charge is 0.472 e. The molecule has 7 N–H and O–H groups in total. The summed E-state index contributed by atoms with van der Waals surface area (Å²) in [5, 5.41) is 15.4. The Balaban J connectivity index is 0.00000514. The SMILES string of the molecule is CC(=O)N1C[C@H]2C[C@H]1C(=O)N[C@@H](CC(C)C)C(=O)C[C@@H](Cc1cnc[nH]1)C(=O)N[C@@H](CO)C(=O)C[C@H](C(N)=O)[C@@H](C)OP(=O)(O)OCCCC/C=C/O2.CF. The van der Waals surface area contributed by atoms with Gasteiger partial charge in [0.2, 0.25) is 23.6 Å². The van der Waals surface area contributed by atoms with Crippen LogP contribution in [0.4, 0.5) is 4.39 Å². The number of Topliss-reactive ketones (excluding diaryl/α,β-unsaturated/α-hetero) is 2. The molecule has 2 aliphatic rings. The van der Waals surface area contributed by atoms with Crippen molar-refractivity contribution in [2.75, 3.05) is 26.9 Å². The van der Waals surface area contributed by atoms with E-state index in [1.165, 1.54) is 37.5 Å². The van der Waals surface area contributed by atoms with Crippen LogP contribution in [0.1, 0.15) is 78.3 Å². The number of carbonyl (C=O) groups excluding carboxylic acids is 6. The lowest BCUT2D eigenvalue weighted by molar-refractivity contribution is -0.138. The Morgan fingerprint density at radius 2 is 1.76 bits per heavy atom. The van der Waals surface area contributed by atoms with Crippen molar-refractivity contribution in [2.24, 2.45) is 23.5 Å². The summed E-state index contributed by atoms with van der Waals surface area (Å²) in [4.78, 5) is 98.0. The summed E-state index contributed by atoms with van der Waals surface area (Å²) in [6.07, 6.45) is 4.91. The number of alkyl halides is 1. The molecule has 1 unspecified atom stereocenters. The minimum atomic E-state index is -4.69. The van der Waals surface area contributed by atoms with Crippen LogP contribution in [0, 0.1) is 17.8 Å². The Kier molecular flexibility index (Phi) is 19.8. The van der Waals surface area contributed by atoms with Crippen LogP contribution in [-0.2, 0) is 53.5 Å². The fourth-order valence-electron chi connectivity index (χ4n) is 6.27. The number of halogens is 1. The van der Waals surface area contributed by atoms with Gasteiger partial charge in [0, 0.05) is 44.5 Å². The maximum Gasteiger partial charge on any atom is 0.472 e. The van der Waals surface area contributed by atoms with Crippen LogP contribution >= 0.6 is 7.82 Å². The van der Waals surface area contributed by atoms with Gasteiger partial charge in [0.25, 0.3) is 0 Å². The van der Waals surface area contributed by atoms with Gasteiger partial charge in [-0.15, -0.1) is 0 Å². The molecule has 310 valence electrons. The molecule has 3 heterocycles. The summed E-state index contributed by atoms with van der Waals surface area (Å²) >= 11 is 0. The van der Waals surface area contributed by atoms with E-state index in [9.17, 15) is 47.7 Å². The van der Waals surface area contributed by atoms with E-state index in [0.29, 0.717) is 32.1 Å². The number of nitrogens with one attached hydrogen (secondary N) is 3. The Hall–Kier alpha value is -4.03. The van der Waals surface area contributed by atoms with E-state index >= 15 is 0 Å². The van der Waals surface area contributed by atoms with E-state index in [2.05, 4.69) is 20.6 Å². The third-order valence-electron chi connectivity index (χ3n) is 9.15. The fourth-order valence-corrected chi connectivity index (χ4v) is 7.26. The van der Waals surface area contributed by atoms with Crippen molar-refractivity contribution < 1.29 is 61.5 Å². The zero-order chi connectivity index (χ0) is 41.3. The number of H-pyrrole nitrogens is 1. The molecule has 2 bridgehead atoms. The highest BCUT2D eigenvalue weighted by molar-refractivity contribution is 7.47. The molecule has 8 atom stereocenters. The minimum absolute atomic E-state index is 0.0277. The number of primary amides is 1. The average Bonchev–Trinajstić information content (AvgIpc) is 3.80. The van der Waals surface area contributed by atoms with Crippen LogP contribution in [0.15, 0.2) is 24.9 Å². The number of ether oxygens (including phenoxy) is 1. The first-order valence-corrected chi connectivity index (χ1v) is 19.7. The van der Waals surface area contributed by atoms with Crippen molar-refractivity contribution in [2.45, 2.75) is 109 Å². The number of nitrogens with zero attached hydrogens (tertiary/aromatic N) is 2. The number of hydrogen-bond acceptors (Lipinski definition) is 12. The lowest BCUT2D eigenvalue weighted by Gasteiger charge is -2.27. The summed E-state index contributed by atoms with van der Waals surface area (Å²) < 4.78 is 38.1. The summed E-state index contributed by atoms with van der Waals surface area (Å²) in [5.41, 5.74) is 6.01. The molecule has 0 spiro atoms. The second-order valence-electron chi connectivity index (χ2n) is 13.9. The van der Waals surface area contributed by atoms with Gasteiger partial charge >= 0.3 is 7.82 Å². The number of aliphatic hydroxyl groups excluding tert-OH is 1.